The molecule has 1 aliphatic heterocycles. The predicted octanol–water partition coefficient (Wildman–Crippen LogP) is 3.68. The number of aromatic nitrogens is 1. The first-order chi connectivity index (χ1) is 13.7. The SMILES string of the molecule is NCC1=NCC(=O)c2ccc(-c3cnc4c(c3)C(c3ccccc3)=CC4)cc21. The smallest absolute Gasteiger partial charge is 0.184 e. The molecule has 0 fully saturated rings. The molecule has 0 unspecified atom stereocenters. The fourth-order valence-corrected chi connectivity index (χ4v) is 3.96. The average Bonchev–Trinajstić information content (AvgIpc) is 3.18. The van der Waals surface area contributed by atoms with Crippen LogP contribution in [0.3, 0.4) is 0 Å². The van der Waals surface area contributed by atoms with Crippen molar-refractivity contribution in [2.24, 2.45) is 10.7 Å². The highest BCUT2D eigenvalue weighted by Crippen LogP contribution is 2.35. The number of Topliss-reactive ketones (excluding diaryl/α,β-unsaturated/α-hetero) is 1. The molecule has 1 aromatic heterocycles. The van der Waals surface area contributed by atoms with Crippen LogP contribution in [0.2, 0.25) is 0 Å². The normalized spacial score (nSPS) is 15.0. The number of hydrogen-bond acceptors (Lipinski definition) is 4. The van der Waals surface area contributed by atoms with Crippen molar-refractivity contribution in [1.29, 1.82) is 0 Å². The van der Waals surface area contributed by atoms with Gasteiger partial charge in [0.2, 0.25) is 0 Å². The standard InChI is InChI=1S/C24H19N3O/c25-12-23-21-10-16(6-7-19(21)24(28)14-27-23)17-11-20-18(8-9-22(20)26-13-17)15-4-2-1-3-5-15/h1-8,10-11,13H,9,12,14,25H2. The van der Waals surface area contributed by atoms with Crippen molar-refractivity contribution in [3.63, 3.8) is 0 Å². The number of carbonyl (C=O) groups excluding carboxylic acids is 1. The van der Waals surface area contributed by atoms with Crippen molar-refractivity contribution in [1.82, 2.24) is 4.98 Å². The van der Waals surface area contributed by atoms with Crippen LogP contribution in [0.1, 0.15) is 32.7 Å². The van der Waals surface area contributed by atoms with Crippen molar-refractivity contribution in [3.05, 3.63) is 94.8 Å². The fraction of sp³-hybridized carbons (Fsp3) is 0.125. The summed E-state index contributed by atoms with van der Waals surface area (Å²) in [5.41, 5.74) is 14.9. The summed E-state index contributed by atoms with van der Waals surface area (Å²) in [7, 11) is 0. The molecule has 0 saturated heterocycles. The summed E-state index contributed by atoms with van der Waals surface area (Å²) >= 11 is 0. The first-order valence-electron chi connectivity index (χ1n) is 9.41. The minimum Gasteiger partial charge on any atom is -0.325 e. The topological polar surface area (TPSA) is 68.3 Å². The molecule has 2 heterocycles. The molecule has 136 valence electrons. The van der Waals surface area contributed by atoms with E-state index in [1.165, 1.54) is 16.7 Å². The van der Waals surface area contributed by atoms with Crippen molar-refractivity contribution in [2.45, 2.75) is 6.42 Å². The van der Waals surface area contributed by atoms with Gasteiger partial charge in [-0.1, -0.05) is 48.5 Å². The molecule has 0 amide bonds. The van der Waals surface area contributed by atoms with Gasteiger partial charge in [0.15, 0.2) is 5.78 Å². The zero-order chi connectivity index (χ0) is 19.1. The third-order valence-electron chi connectivity index (χ3n) is 5.42. The van der Waals surface area contributed by atoms with E-state index in [1.54, 1.807) is 0 Å². The minimum absolute atomic E-state index is 0.0418. The average molecular weight is 365 g/mol. The van der Waals surface area contributed by atoms with Gasteiger partial charge in [-0.2, -0.15) is 0 Å². The van der Waals surface area contributed by atoms with Gasteiger partial charge in [0.25, 0.3) is 0 Å². The molecule has 5 rings (SSSR count). The number of allylic oxidation sites excluding steroid dienone is 1. The number of fused-ring (bicyclic) bond motifs is 2. The molecule has 2 aliphatic rings. The molecular formula is C24H19N3O. The zero-order valence-corrected chi connectivity index (χ0v) is 15.4. The van der Waals surface area contributed by atoms with Gasteiger partial charge in [0, 0.05) is 41.4 Å². The van der Waals surface area contributed by atoms with Crippen LogP contribution in [-0.4, -0.2) is 29.6 Å². The molecule has 0 atom stereocenters. The number of benzene rings is 2. The van der Waals surface area contributed by atoms with Crippen LogP contribution in [-0.2, 0) is 6.42 Å². The van der Waals surface area contributed by atoms with Crippen LogP contribution >= 0.6 is 0 Å². The number of nitrogens with two attached hydrogens (primary N) is 1. The van der Waals surface area contributed by atoms with Crippen LogP contribution in [0, 0.1) is 0 Å². The van der Waals surface area contributed by atoms with Gasteiger partial charge in [0.05, 0.1) is 11.4 Å². The van der Waals surface area contributed by atoms with Gasteiger partial charge >= 0.3 is 0 Å². The van der Waals surface area contributed by atoms with Gasteiger partial charge < -0.3 is 5.73 Å². The number of aliphatic imine (C=N–C) groups is 1. The van der Waals surface area contributed by atoms with Gasteiger partial charge in [-0.05, 0) is 28.8 Å². The summed E-state index contributed by atoms with van der Waals surface area (Å²) < 4.78 is 0. The summed E-state index contributed by atoms with van der Waals surface area (Å²) in [5, 5.41) is 0. The van der Waals surface area contributed by atoms with Crippen LogP contribution in [0.15, 0.2) is 71.9 Å². The number of hydrogen-bond donors (Lipinski definition) is 1. The second-order valence-electron chi connectivity index (χ2n) is 7.06. The predicted molar refractivity (Wildman–Crippen MR) is 112 cm³/mol. The molecule has 0 spiro atoms. The van der Waals surface area contributed by atoms with Crippen molar-refractivity contribution < 1.29 is 4.79 Å². The number of carbonyl (C=O) groups is 1. The van der Waals surface area contributed by atoms with E-state index < -0.39 is 0 Å². The maximum atomic E-state index is 12.2. The third kappa shape index (κ3) is 2.70. The molecule has 0 bridgehead atoms. The van der Waals surface area contributed by atoms with E-state index in [2.05, 4.69) is 41.4 Å². The Hall–Kier alpha value is -3.37. The molecule has 1 aliphatic carbocycles. The van der Waals surface area contributed by atoms with Crippen LogP contribution < -0.4 is 5.73 Å². The van der Waals surface area contributed by atoms with Gasteiger partial charge in [-0.15, -0.1) is 0 Å². The third-order valence-corrected chi connectivity index (χ3v) is 5.42. The van der Waals surface area contributed by atoms with E-state index in [0.717, 1.165) is 34.5 Å². The second-order valence-corrected chi connectivity index (χ2v) is 7.06. The summed E-state index contributed by atoms with van der Waals surface area (Å²) in [6, 6.07) is 18.5. The quantitative estimate of drug-likeness (QED) is 0.770. The van der Waals surface area contributed by atoms with E-state index in [0.29, 0.717) is 12.1 Å². The lowest BCUT2D eigenvalue weighted by Crippen LogP contribution is -2.24. The Morgan fingerprint density at radius 1 is 0.893 bits per heavy atom. The second kappa shape index (κ2) is 6.66. The Balaban J connectivity index is 1.59. The van der Waals surface area contributed by atoms with Crippen LogP contribution in [0.4, 0.5) is 0 Å². The number of ketones is 1. The van der Waals surface area contributed by atoms with E-state index in [1.807, 2.05) is 30.5 Å². The minimum atomic E-state index is 0.0418. The highest BCUT2D eigenvalue weighted by molar-refractivity contribution is 6.16. The lowest BCUT2D eigenvalue weighted by molar-refractivity contribution is 0.1000. The molecule has 2 N–H and O–H groups in total. The van der Waals surface area contributed by atoms with Crippen molar-refractivity contribution in [2.75, 3.05) is 13.1 Å². The summed E-state index contributed by atoms with van der Waals surface area (Å²) in [5.74, 6) is 0.0418. The van der Waals surface area contributed by atoms with Gasteiger partial charge in [-0.3, -0.25) is 14.8 Å². The molecule has 0 saturated carbocycles. The first-order valence-corrected chi connectivity index (χ1v) is 9.41. The summed E-state index contributed by atoms with van der Waals surface area (Å²) in [4.78, 5) is 21.2. The number of nitrogens with zero attached hydrogens (tertiary/aromatic N) is 2. The molecule has 2 aromatic carbocycles. The fourth-order valence-electron chi connectivity index (χ4n) is 3.96. The molecular weight excluding hydrogens is 346 g/mol. The van der Waals surface area contributed by atoms with Gasteiger partial charge in [0.1, 0.15) is 6.54 Å². The van der Waals surface area contributed by atoms with E-state index in [-0.39, 0.29) is 12.3 Å². The zero-order valence-electron chi connectivity index (χ0n) is 15.4. The lowest BCUT2D eigenvalue weighted by atomic mass is 9.92. The molecule has 0 radical (unpaired) electrons. The van der Waals surface area contributed by atoms with Crippen LogP contribution in [0.5, 0.6) is 0 Å². The van der Waals surface area contributed by atoms with Crippen molar-refractivity contribution in [3.8, 4) is 11.1 Å². The van der Waals surface area contributed by atoms with E-state index in [4.69, 9.17) is 10.7 Å². The maximum absolute atomic E-state index is 12.2. The summed E-state index contributed by atoms with van der Waals surface area (Å²) in [6.45, 7) is 0.511. The monoisotopic (exact) mass is 365 g/mol. The largest absolute Gasteiger partial charge is 0.325 e. The molecule has 3 aromatic rings. The maximum Gasteiger partial charge on any atom is 0.184 e. The first kappa shape index (κ1) is 16.8. The highest BCUT2D eigenvalue weighted by Gasteiger charge is 2.21. The molecule has 4 heteroatoms. The van der Waals surface area contributed by atoms with E-state index in [9.17, 15) is 4.79 Å². The number of rotatable bonds is 3. The van der Waals surface area contributed by atoms with Crippen molar-refractivity contribution >= 4 is 17.1 Å². The Morgan fingerprint density at radius 3 is 2.54 bits per heavy atom. The Bertz CT molecular complexity index is 1160. The Labute approximate surface area is 163 Å². The highest BCUT2D eigenvalue weighted by atomic mass is 16.1. The van der Waals surface area contributed by atoms with Gasteiger partial charge in [-0.25, -0.2) is 0 Å². The molecule has 4 nitrogen and oxygen atoms in total. The Morgan fingerprint density at radius 2 is 1.71 bits per heavy atom. The lowest BCUT2D eigenvalue weighted by Gasteiger charge is -2.16. The number of pyridine rings is 1. The van der Waals surface area contributed by atoms with Crippen LogP contribution in [0.25, 0.3) is 16.7 Å². The Kier molecular flexibility index (Phi) is 3.99. The molecule has 28 heavy (non-hydrogen) atoms. The summed E-state index contributed by atoms with van der Waals surface area (Å²) in [6.07, 6.45) is 5.00. The van der Waals surface area contributed by atoms with E-state index >= 15 is 0 Å².